The molecule has 1 N–H and O–H groups in total. The van der Waals surface area contributed by atoms with E-state index >= 15 is 0 Å². The number of hydrogen-bond acceptors (Lipinski definition) is 3. The summed E-state index contributed by atoms with van der Waals surface area (Å²) >= 11 is 1.63. The minimum atomic E-state index is -0.102. The van der Waals surface area contributed by atoms with Crippen LogP contribution in [0.2, 0.25) is 0 Å². The number of aryl methyl sites for hydroxylation is 2. The average Bonchev–Trinajstić information content (AvgIpc) is 2.90. The van der Waals surface area contributed by atoms with Crippen LogP contribution < -0.4 is 10.1 Å². The Morgan fingerprint density at radius 1 is 1.32 bits per heavy atom. The molecule has 0 atom stereocenters. The van der Waals surface area contributed by atoms with E-state index in [0.717, 1.165) is 21.8 Å². The van der Waals surface area contributed by atoms with E-state index in [1.807, 2.05) is 49.6 Å². The highest BCUT2D eigenvalue weighted by Gasteiger charge is 2.05. The van der Waals surface area contributed by atoms with Gasteiger partial charge in [0.25, 0.3) is 5.91 Å². The van der Waals surface area contributed by atoms with Crippen molar-refractivity contribution in [3.63, 3.8) is 0 Å². The third kappa shape index (κ3) is 4.10. The lowest BCUT2D eigenvalue weighted by molar-refractivity contribution is -0.123. The average molecular weight is 275 g/mol. The van der Waals surface area contributed by atoms with Gasteiger partial charge in [-0.3, -0.25) is 4.79 Å². The third-order valence-corrected chi connectivity index (χ3v) is 3.62. The molecule has 2 rings (SSSR count). The number of thiophene rings is 1. The number of benzene rings is 1. The van der Waals surface area contributed by atoms with Crippen LogP contribution in [0, 0.1) is 13.8 Å². The molecule has 0 unspecified atom stereocenters. The molecule has 0 aliphatic carbocycles. The van der Waals surface area contributed by atoms with Crippen LogP contribution in [0.25, 0.3) is 0 Å². The largest absolute Gasteiger partial charge is 0.483 e. The number of ether oxygens (including phenoxy) is 1. The summed E-state index contributed by atoms with van der Waals surface area (Å²) in [7, 11) is 0. The van der Waals surface area contributed by atoms with Crippen LogP contribution in [0.15, 0.2) is 35.7 Å². The van der Waals surface area contributed by atoms with Crippen LogP contribution in [0.3, 0.4) is 0 Å². The molecule has 0 radical (unpaired) electrons. The predicted molar refractivity (Wildman–Crippen MR) is 77.6 cm³/mol. The van der Waals surface area contributed by atoms with Crippen molar-refractivity contribution in [1.82, 2.24) is 5.32 Å². The molecule has 0 fully saturated rings. The van der Waals surface area contributed by atoms with Gasteiger partial charge in [0, 0.05) is 4.88 Å². The van der Waals surface area contributed by atoms with Gasteiger partial charge in [0.2, 0.25) is 0 Å². The van der Waals surface area contributed by atoms with Crippen molar-refractivity contribution in [3.05, 3.63) is 51.7 Å². The van der Waals surface area contributed by atoms with Gasteiger partial charge in [0.05, 0.1) is 6.54 Å². The molecular weight excluding hydrogens is 258 g/mol. The Morgan fingerprint density at radius 3 is 2.89 bits per heavy atom. The smallest absolute Gasteiger partial charge is 0.258 e. The van der Waals surface area contributed by atoms with Gasteiger partial charge < -0.3 is 10.1 Å². The Labute approximate surface area is 117 Å². The molecule has 0 saturated heterocycles. The molecule has 1 aromatic carbocycles. The Kier molecular flexibility index (Phi) is 4.58. The minimum absolute atomic E-state index is 0.0513. The molecule has 2 aromatic rings. The molecule has 0 aliphatic heterocycles. The maximum absolute atomic E-state index is 11.7. The fourth-order valence-corrected chi connectivity index (χ4v) is 2.30. The summed E-state index contributed by atoms with van der Waals surface area (Å²) in [6, 6.07) is 9.93. The number of carbonyl (C=O) groups excluding carboxylic acids is 1. The van der Waals surface area contributed by atoms with Crippen molar-refractivity contribution in [2.24, 2.45) is 0 Å². The van der Waals surface area contributed by atoms with Crippen LogP contribution in [0.4, 0.5) is 0 Å². The Bertz CT molecular complexity index is 549. The second-order valence-corrected chi connectivity index (χ2v) is 5.45. The SMILES string of the molecule is Cc1ccc(C)c(OCC(=O)NCc2cccs2)c1. The number of carbonyl (C=O) groups is 1. The maximum Gasteiger partial charge on any atom is 0.258 e. The standard InChI is InChI=1S/C15H17NO2S/c1-11-5-6-12(2)14(8-11)18-10-15(17)16-9-13-4-3-7-19-13/h3-8H,9-10H2,1-2H3,(H,16,17). The van der Waals surface area contributed by atoms with Crippen LogP contribution in [0.1, 0.15) is 16.0 Å². The first-order valence-electron chi connectivity index (χ1n) is 6.14. The molecule has 1 amide bonds. The summed E-state index contributed by atoms with van der Waals surface area (Å²) in [5.74, 6) is 0.667. The fourth-order valence-electron chi connectivity index (χ4n) is 1.66. The molecule has 4 heteroatoms. The van der Waals surface area contributed by atoms with Gasteiger partial charge in [-0.1, -0.05) is 18.2 Å². The molecule has 19 heavy (non-hydrogen) atoms. The van der Waals surface area contributed by atoms with E-state index in [1.54, 1.807) is 11.3 Å². The molecule has 1 aromatic heterocycles. The fraction of sp³-hybridized carbons (Fsp3) is 0.267. The lowest BCUT2D eigenvalue weighted by Gasteiger charge is -2.10. The van der Waals surface area contributed by atoms with Crippen molar-refractivity contribution in [1.29, 1.82) is 0 Å². The van der Waals surface area contributed by atoms with E-state index in [-0.39, 0.29) is 12.5 Å². The Morgan fingerprint density at radius 2 is 2.16 bits per heavy atom. The van der Waals surface area contributed by atoms with Gasteiger partial charge >= 0.3 is 0 Å². The van der Waals surface area contributed by atoms with Crippen molar-refractivity contribution in [2.45, 2.75) is 20.4 Å². The van der Waals surface area contributed by atoms with Gasteiger partial charge in [-0.25, -0.2) is 0 Å². The zero-order chi connectivity index (χ0) is 13.7. The molecule has 1 heterocycles. The lowest BCUT2D eigenvalue weighted by Crippen LogP contribution is -2.28. The van der Waals surface area contributed by atoms with Crippen LogP contribution in [-0.4, -0.2) is 12.5 Å². The van der Waals surface area contributed by atoms with E-state index in [0.29, 0.717) is 6.54 Å². The highest BCUT2D eigenvalue weighted by Crippen LogP contribution is 2.18. The summed E-state index contributed by atoms with van der Waals surface area (Å²) < 4.78 is 5.54. The molecule has 3 nitrogen and oxygen atoms in total. The van der Waals surface area contributed by atoms with Crippen LogP contribution >= 0.6 is 11.3 Å². The second-order valence-electron chi connectivity index (χ2n) is 4.41. The maximum atomic E-state index is 11.7. The van der Waals surface area contributed by atoms with E-state index in [1.165, 1.54) is 0 Å². The summed E-state index contributed by atoms with van der Waals surface area (Å²) in [6.07, 6.45) is 0. The highest BCUT2D eigenvalue weighted by molar-refractivity contribution is 7.09. The van der Waals surface area contributed by atoms with Gasteiger partial charge in [-0.05, 0) is 42.5 Å². The van der Waals surface area contributed by atoms with Crippen LogP contribution in [0.5, 0.6) is 5.75 Å². The van der Waals surface area contributed by atoms with E-state index in [2.05, 4.69) is 5.32 Å². The molecular formula is C15H17NO2S. The van der Waals surface area contributed by atoms with E-state index in [4.69, 9.17) is 4.74 Å². The minimum Gasteiger partial charge on any atom is -0.483 e. The third-order valence-electron chi connectivity index (χ3n) is 2.74. The van der Waals surface area contributed by atoms with Gasteiger partial charge in [-0.2, -0.15) is 0 Å². The monoisotopic (exact) mass is 275 g/mol. The quantitative estimate of drug-likeness (QED) is 0.910. The lowest BCUT2D eigenvalue weighted by atomic mass is 10.1. The Balaban J connectivity index is 1.81. The normalized spacial score (nSPS) is 10.2. The zero-order valence-electron chi connectivity index (χ0n) is 11.1. The number of rotatable bonds is 5. The molecule has 0 bridgehead atoms. The van der Waals surface area contributed by atoms with Gasteiger partial charge in [0.15, 0.2) is 6.61 Å². The summed E-state index contributed by atoms with van der Waals surface area (Å²) in [4.78, 5) is 12.8. The van der Waals surface area contributed by atoms with Gasteiger partial charge in [-0.15, -0.1) is 11.3 Å². The second kappa shape index (κ2) is 6.38. The highest BCUT2D eigenvalue weighted by atomic mass is 32.1. The summed E-state index contributed by atoms with van der Waals surface area (Å²) in [6.45, 7) is 4.59. The van der Waals surface area contributed by atoms with Crippen molar-refractivity contribution >= 4 is 17.2 Å². The zero-order valence-corrected chi connectivity index (χ0v) is 11.9. The summed E-state index contributed by atoms with van der Waals surface area (Å²) in [5, 5.41) is 4.83. The molecule has 0 aliphatic rings. The van der Waals surface area contributed by atoms with E-state index < -0.39 is 0 Å². The summed E-state index contributed by atoms with van der Waals surface area (Å²) in [5.41, 5.74) is 2.16. The first kappa shape index (κ1) is 13.6. The predicted octanol–water partition coefficient (Wildman–Crippen LogP) is 3.06. The number of nitrogens with one attached hydrogen (secondary N) is 1. The first-order chi connectivity index (χ1) is 9.15. The van der Waals surface area contributed by atoms with E-state index in [9.17, 15) is 4.79 Å². The van der Waals surface area contributed by atoms with Crippen LogP contribution in [-0.2, 0) is 11.3 Å². The molecule has 0 saturated carbocycles. The molecule has 100 valence electrons. The van der Waals surface area contributed by atoms with Crippen molar-refractivity contribution in [3.8, 4) is 5.75 Å². The first-order valence-corrected chi connectivity index (χ1v) is 7.02. The Hall–Kier alpha value is -1.81. The van der Waals surface area contributed by atoms with Gasteiger partial charge in [0.1, 0.15) is 5.75 Å². The molecule has 0 spiro atoms. The topological polar surface area (TPSA) is 38.3 Å². The number of hydrogen-bond donors (Lipinski definition) is 1. The van der Waals surface area contributed by atoms with Crippen molar-refractivity contribution < 1.29 is 9.53 Å². The van der Waals surface area contributed by atoms with Crippen molar-refractivity contribution in [2.75, 3.05) is 6.61 Å². The number of amides is 1.